The van der Waals surface area contributed by atoms with Gasteiger partial charge in [-0.25, -0.2) is 13.1 Å². The van der Waals surface area contributed by atoms with Crippen LogP contribution in [0, 0.1) is 5.92 Å². The standard InChI is InChI=1S/C13H18BrClN2O3S/c1-20-13-11(14)5-10(15)6-12(13)21(18,19)17-8-9-3-2-4-16-7-9/h5-6,9,16-17H,2-4,7-8H2,1H3/t9-/m1/s1. The van der Waals surface area contributed by atoms with E-state index < -0.39 is 10.0 Å². The molecule has 0 aromatic heterocycles. The van der Waals surface area contributed by atoms with Crippen molar-refractivity contribution in [3.05, 3.63) is 21.6 Å². The van der Waals surface area contributed by atoms with Gasteiger partial charge in [0.2, 0.25) is 10.0 Å². The minimum absolute atomic E-state index is 0.0492. The summed E-state index contributed by atoms with van der Waals surface area (Å²) in [6, 6.07) is 3.00. The van der Waals surface area contributed by atoms with Crippen LogP contribution < -0.4 is 14.8 Å². The molecule has 1 heterocycles. The molecule has 1 aliphatic heterocycles. The first-order valence-corrected chi connectivity index (χ1v) is 9.33. The second kappa shape index (κ2) is 7.28. The molecule has 5 nitrogen and oxygen atoms in total. The van der Waals surface area contributed by atoms with E-state index in [4.69, 9.17) is 16.3 Å². The molecule has 1 aliphatic rings. The maximum atomic E-state index is 12.5. The van der Waals surface area contributed by atoms with Crippen molar-refractivity contribution in [2.45, 2.75) is 17.7 Å². The molecule has 1 saturated heterocycles. The van der Waals surface area contributed by atoms with E-state index in [1.54, 1.807) is 6.07 Å². The molecule has 0 saturated carbocycles. The maximum Gasteiger partial charge on any atom is 0.244 e. The number of hydrogen-bond acceptors (Lipinski definition) is 4. The fourth-order valence-corrected chi connectivity index (χ4v) is 4.84. The third-order valence-corrected chi connectivity index (χ3v) is 5.67. The number of sulfonamides is 1. The molecule has 118 valence electrons. The number of ether oxygens (including phenoxy) is 1. The molecule has 0 spiro atoms. The Bertz CT molecular complexity index is 604. The van der Waals surface area contributed by atoms with Crippen molar-refractivity contribution in [3.8, 4) is 5.75 Å². The fraction of sp³-hybridized carbons (Fsp3) is 0.538. The SMILES string of the molecule is COc1c(Br)cc(Cl)cc1S(=O)(=O)NC[C@@H]1CCCNC1. The highest BCUT2D eigenvalue weighted by Gasteiger charge is 2.24. The number of halogens is 2. The zero-order valence-electron chi connectivity index (χ0n) is 11.7. The quantitative estimate of drug-likeness (QED) is 0.800. The third kappa shape index (κ3) is 4.32. The Morgan fingerprint density at radius 3 is 2.90 bits per heavy atom. The first-order chi connectivity index (χ1) is 9.94. The van der Waals surface area contributed by atoms with Crippen LogP contribution in [0.4, 0.5) is 0 Å². The Kier molecular flexibility index (Phi) is 5.90. The van der Waals surface area contributed by atoms with Crippen LogP contribution in [0.25, 0.3) is 0 Å². The largest absolute Gasteiger partial charge is 0.494 e. The van der Waals surface area contributed by atoms with Crippen molar-refractivity contribution in [2.24, 2.45) is 5.92 Å². The van der Waals surface area contributed by atoms with Crippen LogP contribution >= 0.6 is 27.5 Å². The van der Waals surface area contributed by atoms with Crippen LogP contribution in [0.5, 0.6) is 5.75 Å². The minimum Gasteiger partial charge on any atom is -0.494 e. The smallest absolute Gasteiger partial charge is 0.244 e. The summed E-state index contributed by atoms with van der Waals surface area (Å²) >= 11 is 9.21. The van der Waals surface area contributed by atoms with E-state index >= 15 is 0 Å². The van der Waals surface area contributed by atoms with Crippen molar-refractivity contribution < 1.29 is 13.2 Å². The summed E-state index contributed by atoms with van der Waals surface area (Å²) in [5, 5.41) is 3.60. The molecule has 0 unspecified atom stereocenters. The second-order valence-corrected chi connectivity index (χ2v) is 8.01. The molecule has 8 heteroatoms. The summed E-state index contributed by atoms with van der Waals surface area (Å²) in [6.45, 7) is 2.24. The molecule has 0 bridgehead atoms. The Hall–Kier alpha value is -0.340. The lowest BCUT2D eigenvalue weighted by atomic mass is 10.0. The summed E-state index contributed by atoms with van der Waals surface area (Å²) in [6.07, 6.45) is 2.09. The van der Waals surface area contributed by atoms with E-state index in [9.17, 15) is 8.42 Å². The molecule has 0 aliphatic carbocycles. The van der Waals surface area contributed by atoms with E-state index in [1.807, 2.05) is 0 Å². The first-order valence-electron chi connectivity index (χ1n) is 6.67. The average molecular weight is 398 g/mol. The summed E-state index contributed by atoms with van der Waals surface area (Å²) < 4.78 is 33.3. The van der Waals surface area contributed by atoms with Crippen molar-refractivity contribution in [2.75, 3.05) is 26.7 Å². The average Bonchev–Trinajstić information content (AvgIpc) is 2.46. The van der Waals surface area contributed by atoms with Gasteiger partial charge in [0, 0.05) is 11.6 Å². The Morgan fingerprint density at radius 1 is 1.52 bits per heavy atom. The highest BCUT2D eigenvalue weighted by atomic mass is 79.9. The van der Waals surface area contributed by atoms with Crippen molar-refractivity contribution in [1.29, 1.82) is 0 Å². The predicted octanol–water partition coefficient (Wildman–Crippen LogP) is 2.39. The molecular formula is C13H18BrClN2O3S. The Balaban J connectivity index is 2.18. The topological polar surface area (TPSA) is 67.4 Å². The minimum atomic E-state index is -3.66. The van der Waals surface area contributed by atoms with Gasteiger partial charge in [-0.2, -0.15) is 0 Å². The number of methoxy groups -OCH3 is 1. The van der Waals surface area contributed by atoms with Gasteiger partial charge in [0.25, 0.3) is 0 Å². The van der Waals surface area contributed by atoms with Crippen molar-refractivity contribution >= 4 is 37.6 Å². The fourth-order valence-electron chi connectivity index (χ4n) is 2.34. The van der Waals surface area contributed by atoms with Gasteiger partial charge in [-0.15, -0.1) is 0 Å². The van der Waals surface area contributed by atoms with E-state index in [0.29, 0.717) is 22.0 Å². The van der Waals surface area contributed by atoms with Gasteiger partial charge in [0.15, 0.2) is 5.75 Å². The van der Waals surface area contributed by atoms with E-state index in [2.05, 4.69) is 26.0 Å². The van der Waals surface area contributed by atoms with Crippen molar-refractivity contribution in [1.82, 2.24) is 10.0 Å². The molecule has 1 aromatic rings. The van der Waals surface area contributed by atoms with E-state index in [0.717, 1.165) is 25.9 Å². The summed E-state index contributed by atoms with van der Waals surface area (Å²) in [7, 11) is -2.24. The van der Waals surface area contributed by atoms with Crippen LogP contribution in [0.15, 0.2) is 21.5 Å². The van der Waals surface area contributed by atoms with Gasteiger partial charge in [-0.3, -0.25) is 0 Å². The Morgan fingerprint density at radius 2 is 2.29 bits per heavy atom. The zero-order valence-corrected chi connectivity index (χ0v) is 14.8. The molecule has 21 heavy (non-hydrogen) atoms. The highest BCUT2D eigenvalue weighted by Crippen LogP contribution is 2.35. The number of rotatable bonds is 5. The van der Waals surface area contributed by atoms with Gasteiger partial charge >= 0.3 is 0 Å². The Labute approximate surface area is 138 Å². The van der Waals surface area contributed by atoms with Gasteiger partial charge in [0.05, 0.1) is 11.6 Å². The molecule has 0 radical (unpaired) electrons. The zero-order chi connectivity index (χ0) is 15.5. The van der Waals surface area contributed by atoms with Crippen LogP contribution in [-0.2, 0) is 10.0 Å². The van der Waals surface area contributed by atoms with Crippen LogP contribution in [0.1, 0.15) is 12.8 Å². The van der Waals surface area contributed by atoms with Crippen LogP contribution in [0.2, 0.25) is 5.02 Å². The molecule has 2 rings (SSSR count). The van der Waals surface area contributed by atoms with Crippen molar-refractivity contribution in [3.63, 3.8) is 0 Å². The lowest BCUT2D eigenvalue weighted by Gasteiger charge is -2.23. The lowest BCUT2D eigenvalue weighted by molar-refractivity contribution is 0.374. The van der Waals surface area contributed by atoms with E-state index in [-0.39, 0.29) is 10.6 Å². The monoisotopic (exact) mass is 396 g/mol. The summed E-state index contributed by atoms with van der Waals surface area (Å²) in [5.74, 6) is 0.566. The van der Waals surface area contributed by atoms with E-state index in [1.165, 1.54) is 13.2 Å². The van der Waals surface area contributed by atoms with Crippen LogP contribution in [0.3, 0.4) is 0 Å². The molecule has 2 N–H and O–H groups in total. The van der Waals surface area contributed by atoms with Gasteiger partial charge in [0.1, 0.15) is 4.90 Å². The lowest BCUT2D eigenvalue weighted by Crippen LogP contribution is -2.38. The molecule has 1 aromatic carbocycles. The number of piperidine rings is 1. The summed E-state index contributed by atoms with van der Waals surface area (Å²) in [4.78, 5) is 0.0492. The normalized spacial score (nSPS) is 19.5. The first kappa shape index (κ1) is 17.0. The van der Waals surface area contributed by atoms with Crippen LogP contribution in [-0.4, -0.2) is 35.2 Å². The molecular weight excluding hydrogens is 380 g/mol. The number of nitrogens with one attached hydrogen (secondary N) is 2. The maximum absolute atomic E-state index is 12.5. The second-order valence-electron chi connectivity index (χ2n) is 4.98. The third-order valence-electron chi connectivity index (χ3n) is 3.43. The van der Waals surface area contributed by atoms with Gasteiger partial charge in [-0.1, -0.05) is 11.6 Å². The van der Waals surface area contributed by atoms with Gasteiger partial charge in [-0.05, 0) is 59.9 Å². The number of hydrogen-bond donors (Lipinski definition) is 2. The molecule has 1 atom stereocenters. The number of benzene rings is 1. The molecule has 1 fully saturated rings. The predicted molar refractivity (Wildman–Crippen MR) is 86.5 cm³/mol. The van der Waals surface area contributed by atoms with Gasteiger partial charge < -0.3 is 10.1 Å². The summed E-state index contributed by atoms with van der Waals surface area (Å²) in [5.41, 5.74) is 0. The highest BCUT2D eigenvalue weighted by molar-refractivity contribution is 9.10. The molecule has 0 amide bonds.